The number of nitrogens with one attached hydrogen (secondary N) is 2. The van der Waals surface area contributed by atoms with Gasteiger partial charge in [0.05, 0.1) is 0 Å². The Morgan fingerprint density at radius 2 is 2.07 bits per heavy atom. The largest absolute Gasteiger partial charge is 0.405 e. The second-order valence-electron chi connectivity index (χ2n) is 3.12. The Morgan fingerprint density at radius 1 is 1.47 bits per heavy atom. The number of rotatable bonds is 5. The lowest BCUT2D eigenvalue weighted by Crippen LogP contribution is -2.44. The molecule has 1 unspecified atom stereocenters. The van der Waals surface area contributed by atoms with Gasteiger partial charge in [-0.3, -0.25) is 0 Å². The van der Waals surface area contributed by atoms with Crippen LogP contribution >= 0.6 is 11.8 Å². The van der Waals surface area contributed by atoms with Crippen LogP contribution in [0.5, 0.6) is 0 Å². The molecule has 0 aromatic carbocycles. The molecular weight excluding hydrogens is 229 g/mol. The quantitative estimate of drug-likeness (QED) is 0.776. The Bertz CT molecular complexity index is 199. The molecule has 90 valence electrons. The first-order chi connectivity index (χ1) is 6.85. The number of halogens is 3. The van der Waals surface area contributed by atoms with Gasteiger partial charge in [0.15, 0.2) is 0 Å². The number of carbonyl (C=O) groups excluding carboxylic acids is 1. The first kappa shape index (κ1) is 14.4. The van der Waals surface area contributed by atoms with E-state index in [0.717, 1.165) is 12.2 Å². The molecule has 7 heteroatoms. The van der Waals surface area contributed by atoms with Crippen LogP contribution in [0, 0.1) is 0 Å². The van der Waals surface area contributed by atoms with Gasteiger partial charge in [0.1, 0.15) is 6.54 Å². The molecule has 0 bridgehead atoms. The number of hydrogen-bond donors (Lipinski definition) is 2. The Kier molecular flexibility index (Phi) is 6.55. The third-order valence-corrected chi connectivity index (χ3v) is 2.23. The highest BCUT2D eigenvalue weighted by Gasteiger charge is 2.27. The van der Waals surface area contributed by atoms with E-state index in [1.54, 1.807) is 24.0 Å². The number of carbonyl (C=O) groups is 1. The van der Waals surface area contributed by atoms with Crippen molar-refractivity contribution in [3.8, 4) is 0 Å². The number of urea groups is 1. The minimum atomic E-state index is -4.36. The van der Waals surface area contributed by atoms with Gasteiger partial charge in [0.25, 0.3) is 0 Å². The maximum Gasteiger partial charge on any atom is 0.405 e. The topological polar surface area (TPSA) is 41.1 Å². The standard InChI is InChI=1S/C8H15F3N2OS/c1-6(3-4-15-2)13-7(14)12-5-8(9,10)11/h6H,3-5H2,1-2H3,(H2,12,13,14). The molecule has 0 rings (SSSR count). The lowest BCUT2D eigenvalue weighted by molar-refractivity contribution is -0.122. The fraction of sp³-hybridized carbons (Fsp3) is 0.875. The minimum Gasteiger partial charge on any atom is -0.336 e. The molecule has 0 aliphatic heterocycles. The van der Waals surface area contributed by atoms with Crippen LogP contribution < -0.4 is 10.6 Å². The fourth-order valence-electron chi connectivity index (χ4n) is 0.822. The summed E-state index contributed by atoms with van der Waals surface area (Å²) >= 11 is 1.62. The third-order valence-electron chi connectivity index (χ3n) is 1.58. The predicted octanol–water partition coefficient (Wildman–Crippen LogP) is 1.99. The van der Waals surface area contributed by atoms with Crippen molar-refractivity contribution in [3.63, 3.8) is 0 Å². The van der Waals surface area contributed by atoms with E-state index >= 15 is 0 Å². The highest BCUT2D eigenvalue weighted by atomic mass is 32.2. The minimum absolute atomic E-state index is 0.120. The molecule has 3 nitrogen and oxygen atoms in total. The molecule has 0 aromatic rings. The van der Waals surface area contributed by atoms with Gasteiger partial charge in [-0.1, -0.05) is 0 Å². The van der Waals surface area contributed by atoms with E-state index in [2.05, 4.69) is 5.32 Å². The second kappa shape index (κ2) is 6.81. The summed E-state index contributed by atoms with van der Waals surface area (Å²) in [4.78, 5) is 10.9. The summed E-state index contributed by atoms with van der Waals surface area (Å²) in [6, 6.07) is -0.897. The molecule has 0 heterocycles. The van der Waals surface area contributed by atoms with Crippen molar-refractivity contribution < 1.29 is 18.0 Å². The molecular formula is C8H15F3N2OS. The van der Waals surface area contributed by atoms with Crippen LogP contribution in [-0.4, -0.2) is 36.8 Å². The van der Waals surface area contributed by atoms with Crippen LogP contribution in [0.25, 0.3) is 0 Å². The average Bonchev–Trinajstić information content (AvgIpc) is 2.10. The van der Waals surface area contributed by atoms with E-state index in [9.17, 15) is 18.0 Å². The number of thioether (sulfide) groups is 1. The van der Waals surface area contributed by atoms with Crippen LogP contribution in [-0.2, 0) is 0 Å². The normalized spacial score (nSPS) is 13.4. The van der Waals surface area contributed by atoms with Crippen LogP contribution in [0.15, 0.2) is 0 Å². The molecule has 2 amide bonds. The molecule has 0 aromatic heterocycles. The van der Waals surface area contributed by atoms with Gasteiger partial charge in [0, 0.05) is 6.04 Å². The molecule has 0 fully saturated rings. The van der Waals surface area contributed by atoms with Crippen molar-refractivity contribution >= 4 is 17.8 Å². The van der Waals surface area contributed by atoms with Crippen molar-refractivity contribution in [2.45, 2.75) is 25.6 Å². The van der Waals surface area contributed by atoms with Gasteiger partial charge in [-0.05, 0) is 25.4 Å². The zero-order valence-corrected chi connectivity index (χ0v) is 9.47. The third kappa shape index (κ3) is 9.71. The Morgan fingerprint density at radius 3 is 2.53 bits per heavy atom. The van der Waals surface area contributed by atoms with Crippen LogP contribution in [0.1, 0.15) is 13.3 Å². The fourth-order valence-corrected chi connectivity index (χ4v) is 1.41. The Hall–Kier alpha value is -0.590. The molecule has 0 aliphatic carbocycles. The highest BCUT2D eigenvalue weighted by molar-refractivity contribution is 7.98. The smallest absolute Gasteiger partial charge is 0.336 e. The summed E-state index contributed by atoms with van der Waals surface area (Å²) in [5.41, 5.74) is 0. The SMILES string of the molecule is CSCCC(C)NC(=O)NCC(F)(F)F. The first-order valence-corrected chi connectivity index (χ1v) is 5.84. The molecule has 0 radical (unpaired) electrons. The molecule has 1 atom stereocenters. The van der Waals surface area contributed by atoms with Crippen molar-refractivity contribution in [2.24, 2.45) is 0 Å². The zero-order chi connectivity index (χ0) is 11.9. The van der Waals surface area contributed by atoms with Crippen molar-refractivity contribution in [1.29, 1.82) is 0 Å². The molecule has 15 heavy (non-hydrogen) atoms. The van der Waals surface area contributed by atoms with Gasteiger partial charge in [0.2, 0.25) is 0 Å². The predicted molar refractivity (Wildman–Crippen MR) is 55.1 cm³/mol. The summed E-state index contributed by atoms with van der Waals surface area (Å²) in [5.74, 6) is 0.862. The van der Waals surface area contributed by atoms with Crippen molar-refractivity contribution in [3.05, 3.63) is 0 Å². The summed E-state index contributed by atoms with van der Waals surface area (Å²) in [6.07, 6.45) is -1.70. The van der Waals surface area contributed by atoms with Gasteiger partial charge >= 0.3 is 12.2 Å². The van der Waals surface area contributed by atoms with E-state index in [1.165, 1.54) is 0 Å². The second-order valence-corrected chi connectivity index (χ2v) is 4.11. The van der Waals surface area contributed by atoms with Crippen molar-refractivity contribution in [2.75, 3.05) is 18.6 Å². The molecule has 0 spiro atoms. The summed E-state index contributed by atoms with van der Waals surface area (Å²) < 4.78 is 35.1. The maximum absolute atomic E-state index is 11.7. The average molecular weight is 244 g/mol. The first-order valence-electron chi connectivity index (χ1n) is 4.45. The lowest BCUT2D eigenvalue weighted by Gasteiger charge is -2.14. The lowest BCUT2D eigenvalue weighted by atomic mass is 10.3. The molecule has 0 saturated heterocycles. The monoisotopic (exact) mass is 244 g/mol. The zero-order valence-electron chi connectivity index (χ0n) is 8.65. The van der Waals surface area contributed by atoms with Crippen LogP contribution in [0.3, 0.4) is 0 Å². The number of alkyl halides is 3. The molecule has 0 aliphatic rings. The van der Waals surface area contributed by atoms with Gasteiger partial charge < -0.3 is 10.6 Å². The Labute approximate surface area is 91.2 Å². The summed E-state index contributed by atoms with van der Waals surface area (Å²) in [5, 5.41) is 4.17. The summed E-state index contributed by atoms with van der Waals surface area (Å²) in [6.45, 7) is 0.456. The molecule has 2 N–H and O–H groups in total. The van der Waals surface area contributed by atoms with Crippen LogP contribution in [0.2, 0.25) is 0 Å². The number of amides is 2. The Balaban J connectivity index is 3.64. The van der Waals surface area contributed by atoms with Gasteiger partial charge in [-0.2, -0.15) is 24.9 Å². The van der Waals surface area contributed by atoms with Gasteiger partial charge in [-0.25, -0.2) is 4.79 Å². The van der Waals surface area contributed by atoms with E-state index in [0.29, 0.717) is 0 Å². The maximum atomic E-state index is 11.7. The number of hydrogen-bond acceptors (Lipinski definition) is 2. The molecule has 0 saturated carbocycles. The van der Waals surface area contributed by atoms with E-state index in [4.69, 9.17) is 0 Å². The summed E-state index contributed by atoms with van der Waals surface area (Å²) in [7, 11) is 0. The van der Waals surface area contributed by atoms with Crippen LogP contribution in [0.4, 0.5) is 18.0 Å². The van der Waals surface area contributed by atoms with E-state index in [1.807, 2.05) is 6.26 Å². The van der Waals surface area contributed by atoms with E-state index < -0.39 is 18.8 Å². The van der Waals surface area contributed by atoms with E-state index in [-0.39, 0.29) is 6.04 Å². The van der Waals surface area contributed by atoms with Crippen molar-refractivity contribution in [1.82, 2.24) is 10.6 Å². The van der Waals surface area contributed by atoms with Gasteiger partial charge in [-0.15, -0.1) is 0 Å². The highest BCUT2D eigenvalue weighted by Crippen LogP contribution is 2.11.